The highest BCUT2D eigenvalue weighted by Crippen LogP contribution is 2.26. The molecule has 0 N–H and O–H groups in total. The van der Waals surface area contributed by atoms with Crippen LogP contribution in [0.5, 0.6) is 0 Å². The minimum absolute atomic E-state index is 0.341. The predicted molar refractivity (Wildman–Crippen MR) is 73.3 cm³/mol. The van der Waals surface area contributed by atoms with Crippen LogP contribution in [0.25, 0.3) is 22.7 Å². The molecule has 0 unspecified atom stereocenters. The van der Waals surface area contributed by atoms with E-state index in [1.165, 1.54) is 12.1 Å². The molecule has 0 atom stereocenters. The first-order valence-corrected chi connectivity index (χ1v) is 6.27. The van der Waals surface area contributed by atoms with Crippen LogP contribution in [-0.2, 0) is 0 Å². The van der Waals surface area contributed by atoms with Crippen molar-refractivity contribution in [3.8, 4) is 17.1 Å². The smallest absolute Gasteiger partial charge is 0.179 e. The van der Waals surface area contributed by atoms with Crippen LogP contribution in [0.1, 0.15) is 0 Å². The zero-order chi connectivity index (χ0) is 14.2. The summed E-state index contributed by atoms with van der Waals surface area (Å²) in [5.41, 5.74) is 1.94. The van der Waals surface area contributed by atoms with E-state index in [2.05, 4.69) is 20.3 Å². The van der Waals surface area contributed by atoms with Gasteiger partial charge in [0.05, 0.1) is 11.9 Å². The molecule has 0 saturated heterocycles. The molecule has 0 radical (unpaired) electrons. The number of fused-ring (bicyclic) bond motifs is 1. The highest BCUT2D eigenvalue weighted by molar-refractivity contribution is 5.69. The second-order valence-corrected chi connectivity index (χ2v) is 4.44. The summed E-state index contributed by atoms with van der Waals surface area (Å²) in [6.45, 7) is 0. The molecule has 4 aromatic rings. The molecule has 6 nitrogen and oxygen atoms in total. The van der Waals surface area contributed by atoms with Crippen molar-refractivity contribution in [1.29, 1.82) is 0 Å². The van der Waals surface area contributed by atoms with Crippen molar-refractivity contribution in [2.75, 3.05) is 0 Å². The van der Waals surface area contributed by atoms with Crippen LogP contribution in [0.4, 0.5) is 4.39 Å². The maximum Gasteiger partial charge on any atom is 0.179 e. The summed E-state index contributed by atoms with van der Waals surface area (Å²) < 4.78 is 17.1. The summed E-state index contributed by atoms with van der Waals surface area (Å²) in [7, 11) is 0. The third-order valence-electron chi connectivity index (χ3n) is 3.16. The van der Waals surface area contributed by atoms with Crippen molar-refractivity contribution in [2.45, 2.75) is 0 Å². The number of halogens is 1. The highest BCUT2D eigenvalue weighted by Gasteiger charge is 2.14. The molecule has 0 aliphatic heterocycles. The number of hydrogen-bond donors (Lipinski definition) is 0. The summed E-state index contributed by atoms with van der Waals surface area (Å²) >= 11 is 0. The van der Waals surface area contributed by atoms with Crippen LogP contribution in [0, 0.1) is 5.82 Å². The third-order valence-corrected chi connectivity index (χ3v) is 3.16. The molecule has 0 fully saturated rings. The van der Waals surface area contributed by atoms with Crippen LogP contribution >= 0.6 is 0 Å². The largest absolute Gasteiger partial charge is 0.280 e. The first-order chi connectivity index (χ1) is 10.3. The normalized spacial score (nSPS) is 11.1. The average molecular weight is 280 g/mol. The van der Waals surface area contributed by atoms with Gasteiger partial charge in [-0.25, -0.2) is 9.07 Å². The fraction of sp³-hybridized carbons (Fsp3) is 0. The zero-order valence-electron chi connectivity index (χ0n) is 10.8. The van der Waals surface area contributed by atoms with Gasteiger partial charge in [-0.1, -0.05) is 0 Å². The van der Waals surface area contributed by atoms with Gasteiger partial charge in [0.25, 0.3) is 0 Å². The van der Waals surface area contributed by atoms with E-state index < -0.39 is 0 Å². The topological polar surface area (TPSA) is 60.9 Å². The van der Waals surface area contributed by atoms with Crippen molar-refractivity contribution < 1.29 is 4.39 Å². The Labute approximate surface area is 118 Å². The van der Waals surface area contributed by atoms with E-state index in [9.17, 15) is 4.39 Å². The Balaban J connectivity index is 2.02. The van der Waals surface area contributed by atoms with Gasteiger partial charge < -0.3 is 0 Å². The molecule has 1 aromatic carbocycles. The van der Waals surface area contributed by atoms with E-state index >= 15 is 0 Å². The summed E-state index contributed by atoms with van der Waals surface area (Å²) in [6.07, 6.45) is 8.43. The van der Waals surface area contributed by atoms with Crippen LogP contribution < -0.4 is 0 Å². The highest BCUT2D eigenvalue weighted by atomic mass is 19.1. The van der Waals surface area contributed by atoms with E-state index in [1.54, 1.807) is 52.2 Å². The van der Waals surface area contributed by atoms with Gasteiger partial charge in [0.1, 0.15) is 5.82 Å². The lowest BCUT2D eigenvalue weighted by molar-refractivity contribution is 0.627. The molecule has 3 aromatic heterocycles. The molecule has 0 saturated carbocycles. The molecule has 0 spiro atoms. The second-order valence-electron chi connectivity index (χ2n) is 4.44. The Hall–Kier alpha value is -3.09. The minimum Gasteiger partial charge on any atom is -0.280 e. The number of rotatable bonds is 2. The van der Waals surface area contributed by atoms with Gasteiger partial charge in [0, 0.05) is 30.4 Å². The van der Waals surface area contributed by atoms with Crippen molar-refractivity contribution >= 4 is 5.65 Å². The SMILES string of the molecule is Fc1ccc(-n2cccn2)c(-c2nnc3cnccn23)c1. The van der Waals surface area contributed by atoms with Gasteiger partial charge >= 0.3 is 0 Å². The lowest BCUT2D eigenvalue weighted by Gasteiger charge is -2.08. The van der Waals surface area contributed by atoms with Gasteiger partial charge in [-0.15, -0.1) is 10.2 Å². The zero-order valence-corrected chi connectivity index (χ0v) is 10.8. The lowest BCUT2D eigenvalue weighted by Crippen LogP contribution is -2.00. The Morgan fingerprint density at radius 1 is 1.05 bits per heavy atom. The number of aromatic nitrogens is 6. The molecule has 0 aliphatic carbocycles. The van der Waals surface area contributed by atoms with E-state index in [0.29, 0.717) is 17.0 Å². The third kappa shape index (κ3) is 1.86. The molecule has 3 heterocycles. The van der Waals surface area contributed by atoms with Crippen LogP contribution in [-0.4, -0.2) is 29.4 Å². The molecule has 0 bridgehead atoms. The fourth-order valence-electron chi connectivity index (χ4n) is 2.24. The van der Waals surface area contributed by atoms with E-state index in [-0.39, 0.29) is 5.82 Å². The van der Waals surface area contributed by atoms with Crippen molar-refractivity contribution in [2.24, 2.45) is 0 Å². The van der Waals surface area contributed by atoms with Gasteiger partial charge in [-0.05, 0) is 24.3 Å². The lowest BCUT2D eigenvalue weighted by atomic mass is 10.1. The molecule has 0 aliphatic rings. The number of nitrogens with zero attached hydrogens (tertiary/aromatic N) is 6. The maximum atomic E-state index is 13.7. The Kier molecular flexibility index (Phi) is 2.50. The quantitative estimate of drug-likeness (QED) is 0.564. The number of hydrogen-bond acceptors (Lipinski definition) is 4. The molecule has 21 heavy (non-hydrogen) atoms. The summed E-state index contributed by atoms with van der Waals surface area (Å²) in [6, 6.07) is 6.29. The van der Waals surface area contributed by atoms with E-state index in [0.717, 1.165) is 5.69 Å². The summed E-state index contributed by atoms with van der Waals surface area (Å²) in [5, 5.41) is 12.4. The molecular formula is C14H9FN6. The standard InChI is InChI=1S/C14H9FN6/c15-10-2-3-12(21-6-1-4-17-21)11(8-10)14-19-18-13-9-16-5-7-20(13)14/h1-9H. The maximum absolute atomic E-state index is 13.7. The monoisotopic (exact) mass is 280 g/mol. The van der Waals surface area contributed by atoms with Crippen LogP contribution in [0.3, 0.4) is 0 Å². The molecule has 102 valence electrons. The fourth-order valence-corrected chi connectivity index (χ4v) is 2.24. The molecule has 7 heteroatoms. The minimum atomic E-state index is -0.341. The molecule has 4 rings (SSSR count). The number of benzene rings is 1. The first-order valence-electron chi connectivity index (χ1n) is 6.27. The summed E-state index contributed by atoms with van der Waals surface area (Å²) in [5.74, 6) is 0.198. The van der Waals surface area contributed by atoms with E-state index in [1.807, 2.05) is 0 Å². The van der Waals surface area contributed by atoms with Crippen LogP contribution in [0.2, 0.25) is 0 Å². The predicted octanol–water partition coefficient (Wildman–Crippen LogP) is 2.12. The Bertz CT molecular complexity index is 912. The Morgan fingerprint density at radius 2 is 2.00 bits per heavy atom. The average Bonchev–Trinajstić information content (AvgIpc) is 3.16. The van der Waals surface area contributed by atoms with Crippen LogP contribution in [0.15, 0.2) is 55.2 Å². The second kappa shape index (κ2) is 4.48. The van der Waals surface area contributed by atoms with Crippen molar-refractivity contribution in [3.05, 3.63) is 61.1 Å². The summed E-state index contributed by atoms with van der Waals surface area (Å²) in [4.78, 5) is 3.99. The Morgan fingerprint density at radius 3 is 2.86 bits per heavy atom. The van der Waals surface area contributed by atoms with Gasteiger partial charge in [0.2, 0.25) is 0 Å². The van der Waals surface area contributed by atoms with Crippen molar-refractivity contribution in [1.82, 2.24) is 29.4 Å². The first kappa shape index (κ1) is 11.7. The molecular weight excluding hydrogens is 271 g/mol. The van der Waals surface area contributed by atoms with Gasteiger partial charge in [-0.2, -0.15) is 5.10 Å². The molecule has 0 amide bonds. The van der Waals surface area contributed by atoms with Crippen molar-refractivity contribution in [3.63, 3.8) is 0 Å². The van der Waals surface area contributed by atoms with Gasteiger partial charge in [0.15, 0.2) is 11.5 Å². The van der Waals surface area contributed by atoms with Gasteiger partial charge in [-0.3, -0.25) is 9.38 Å². The van der Waals surface area contributed by atoms with E-state index in [4.69, 9.17) is 0 Å².